The number of amides is 2. The topological polar surface area (TPSA) is 69.6 Å². The molecule has 114 valence electrons. The van der Waals surface area contributed by atoms with Crippen LogP contribution in [0.3, 0.4) is 0 Å². The zero-order chi connectivity index (χ0) is 15.2. The van der Waals surface area contributed by atoms with Crippen molar-refractivity contribution in [1.82, 2.24) is 10.2 Å². The minimum Gasteiger partial charge on any atom is -0.479 e. The van der Waals surface area contributed by atoms with Crippen LogP contribution in [0.4, 0.5) is 4.79 Å². The van der Waals surface area contributed by atoms with Crippen molar-refractivity contribution < 1.29 is 14.7 Å². The van der Waals surface area contributed by atoms with Gasteiger partial charge in [-0.15, -0.1) is 0 Å². The SMILES string of the molecule is CCCN(CC1CC1)C(=O)NC(C(=O)O)c1ccccc1. The van der Waals surface area contributed by atoms with Crippen molar-refractivity contribution in [2.24, 2.45) is 5.92 Å². The maximum Gasteiger partial charge on any atom is 0.330 e. The van der Waals surface area contributed by atoms with Gasteiger partial charge in [0.25, 0.3) is 0 Å². The first-order valence-corrected chi connectivity index (χ1v) is 7.45. The average Bonchev–Trinajstić information content (AvgIpc) is 3.28. The van der Waals surface area contributed by atoms with E-state index in [1.807, 2.05) is 13.0 Å². The first-order chi connectivity index (χ1) is 10.1. The van der Waals surface area contributed by atoms with Crippen molar-refractivity contribution in [1.29, 1.82) is 0 Å². The van der Waals surface area contributed by atoms with Crippen LogP contribution in [-0.2, 0) is 4.79 Å². The van der Waals surface area contributed by atoms with E-state index in [2.05, 4.69) is 5.32 Å². The molecule has 0 spiro atoms. The Morgan fingerprint density at radius 1 is 1.33 bits per heavy atom. The molecule has 1 fully saturated rings. The van der Waals surface area contributed by atoms with Gasteiger partial charge in [0.2, 0.25) is 0 Å². The Balaban J connectivity index is 2.04. The lowest BCUT2D eigenvalue weighted by Crippen LogP contribution is -2.45. The number of hydrogen-bond donors (Lipinski definition) is 2. The molecule has 5 heteroatoms. The first-order valence-electron chi connectivity index (χ1n) is 7.45. The van der Waals surface area contributed by atoms with E-state index in [0.717, 1.165) is 25.8 Å². The molecule has 1 atom stereocenters. The number of nitrogens with zero attached hydrogens (tertiary/aromatic N) is 1. The summed E-state index contributed by atoms with van der Waals surface area (Å²) in [5, 5.41) is 12.0. The Morgan fingerprint density at radius 3 is 2.52 bits per heavy atom. The van der Waals surface area contributed by atoms with Gasteiger partial charge in [0, 0.05) is 13.1 Å². The smallest absolute Gasteiger partial charge is 0.330 e. The highest BCUT2D eigenvalue weighted by molar-refractivity contribution is 5.83. The van der Waals surface area contributed by atoms with Crippen molar-refractivity contribution in [2.75, 3.05) is 13.1 Å². The van der Waals surface area contributed by atoms with Crippen molar-refractivity contribution in [2.45, 2.75) is 32.2 Å². The van der Waals surface area contributed by atoms with E-state index in [-0.39, 0.29) is 6.03 Å². The monoisotopic (exact) mass is 290 g/mol. The van der Waals surface area contributed by atoms with Crippen molar-refractivity contribution >= 4 is 12.0 Å². The summed E-state index contributed by atoms with van der Waals surface area (Å²) >= 11 is 0. The van der Waals surface area contributed by atoms with Gasteiger partial charge < -0.3 is 15.3 Å². The van der Waals surface area contributed by atoms with Crippen LogP contribution in [0.25, 0.3) is 0 Å². The van der Waals surface area contributed by atoms with Crippen molar-refractivity contribution in [3.8, 4) is 0 Å². The van der Waals surface area contributed by atoms with Gasteiger partial charge in [-0.05, 0) is 30.7 Å². The standard InChI is InChI=1S/C16H22N2O3/c1-2-10-18(11-12-8-9-12)16(21)17-14(15(19)20)13-6-4-3-5-7-13/h3-7,12,14H,2,8-11H2,1H3,(H,17,21)(H,19,20). The van der Waals surface area contributed by atoms with Crippen LogP contribution in [0.15, 0.2) is 30.3 Å². The molecule has 1 aliphatic rings. The van der Waals surface area contributed by atoms with Gasteiger partial charge >= 0.3 is 12.0 Å². The van der Waals surface area contributed by atoms with Crippen LogP contribution in [0.1, 0.15) is 37.8 Å². The Morgan fingerprint density at radius 2 is 2.00 bits per heavy atom. The molecule has 1 aliphatic carbocycles. The highest BCUT2D eigenvalue weighted by atomic mass is 16.4. The Hall–Kier alpha value is -2.04. The van der Waals surface area contributed by atoms with Crippen LogP contribution < -0.4 is 5.32 Å². The third-order valence-corrected chi connectivity index (χ3v) is 3.60. The summed E-state index contributed by atoms with van der Waals surface area (Å²) in [6, 6.07) is 7.49. The molecule has 0 radical (unpaired) electrons. The predicted octanol–water partition coefficient (Wildman–Crippen LogP) is 2.64. The number of benzene rings is 1. The van der Waals surface area contributed by atoms with E-state index in [0.29, 0.717) is 18.0 Å². The molecule has 0 aliphatic heterocycles. The molecule has 5 nitrogen and oxygen atoms in total. The molecule has 2 amide bonds. The van der Waals surface area contributed by atoms with Gasteiger partial charge in [-0.3, -0.25) is 0 Å². The lowest BCUT2D eigenvalue weighted by atomic mass is 10.1. The summed E-state index contributed by atoms with van der Waals surface area (Å²) in [5.41, 5.74) is 0.584. The van der Waals surface area contributed by atoms with Crippen LogP contribution in [0.2, 0.25) is 0 Å². The van der Waals surface area contributed by atoms with Gasteiger partial charge in [0.15, 0.2) is 6.04 Å². The number of aliphatic carboxylic acids is 1. The van der Waals surface area contributed by atoms with Gasteiger partial charge in [-0.1, -0.05) is 37.3 Å². The molecule has 2 N–H and O–H groups in total. The second-order valence-electron chi connectivity index (χ2n) is 5.52. The number of carbonyl (C=O) groups is 2. The number of nitrogens with one attached hydrogen (secondary N) is 1. The van der Waals surface area contributed by atoms with Crippen molar-refractivity contribution in [3.05, 3.63) is 35.9 Å². The molecule has 1 saturated carbocycles. The lowest BCUT2D eigenvalue weighted by Gasteiger charge is -2.25. The lowest BCUT2D eigenvalue weighted by molar-refractivity contribution is -0.139. The third-order valence-electron chi connectivity index (χ3n) is 3.60. The maximum atomic E-state index is 12.3. The maximum absolute atomic E-state index is 12.3. The van der Waals surface area contributed by atoms with E-state index in [9.17, 15) is 14.7 Å². The Labute approximate surface area is 125 Å². The van der Waals surface area contributed by atoms with Gasteiger partial charge in [0.1, 0.15) is 0 Å². The Bertz CT molecular complexity index is 486. The second kappa shape index (κ2) is 7.11. The molecule has 1 aromatic carbocycles. The highest BCUT2D eigenvalue weighted by Gasteiger charge is 2.29. The minimum atomic E-state index is -1.04. The fraction of sp³-hybridized carbons (Fsp3) is 0.500. The molecule has 0 heterocycles. The van der Waals surface area contributed by atoms with Gasteiger partial charge in [0.05, 0.1) is 0 Å². The zero-order valence-electron chi connectivity index (χ0n) is 12.3. The first kappa shape index (κ1) is 15.4. The average molecular weight is 290 g/mol. The minimum absolute atomic E-state index is 0.292. The fourth-order valence-electron chi connectivity index (χ4n) is 2.31. The number of hydrogen-bond acceptors (Lipinski definition) is 2. The molecule has 0 aromatic heterocycles. The summed E-state index contributed by atoms with van der Waals surface area (Å²) < 4.78 is 0. The number of carbonyl (C=O) groups excluding carboxylic acids is 1. The fourth-order valence-corrected chi connectivity index (χ4v) is 2.31. The number of carboxylic acids is 1. The quantitative estimate of drug-likeness (QED) is 0.811. The van der Waals surface area contributed by atoms with E-state index in [4.69, 9.17) is 0 Å². The summed E-state index contributed by atoms with van der Waals surface area (Å²) in [4.78, 5) is 25.5. The number of urea groups is 1. The molecule has 0 bridgehead atoms. The van der Waals surface area contributed by atoms with Crippen molar-refractivity contribution in [3.63, 3.8) is 0 Å². The normalized spacial score (nSPS) is 15.3. The third kappa shape index (κ3) is 4.48. The second-order valence-corrected chi connectivity index (χ2v) is 5.52. The molecular formula is C16H22N2O3. The van der Waals surface area contributed by atoms with Crippen LogP contribution in [-0.4, -0.2) is 35.1 Å². The van der Waals surface area contributed by atoms with E-state index in [1.165, 1.54) is 0 Å². The molecule has 1 aromatic rings. The molecule has 21 heavy (non-hydrogen) atoms. The van der Waals surface area contributed by atoms with Gasteiger partial charge in [-0.25, -0.2) is 9.59 Å². The summed E-state index contributed by atoms with van der Waals surface area (Å²) in [5.74, 6) is -0.459. The number of rotatable bonds is 7. The Kier molecular flexibility index (Phi) is 5.20. The zero-order valence-corrected chi connectivity index (χ0v) is 12.3. The molecular weight excluding hydrogens is 268 g/mol. The van der Waals surface area contributed by atoms with Gasteiger partial charge in [-0.2, -0.15) is 0 Å². The van der Waals surface area contributed by atoms with E-state index < -0.39 is 12.0 Å². The summed E-state index contributed by atoms with van der Waals surface area (Å²) in [6.45, 7) is 3.39. The van der Waals surface area contributed by atoms with E-state index in [1.54, 1.807) is 29.2 Å². The summed E-state index contributed by atoms with van der Waals surface area (Å²) in [6.07, 6.45) is 3.19. The molecule has 2 rings (SSSR count). The largest absolute Gasteiger partial charge is 0.479 e. The number of carboxylic acid groups (broad SMARTS) is 1. The summed E-state index contributed by atoms with van der Waals surface area (Å²) in [7, 11) is 0. The predicted molar refractivity (Wildman–Crippen MR) is 79.9 cm³/mol. The van der Waals surface area contributed by atoms with Crippen LogP contribution in [0.5, 0.6) is 0 Å². The van der Waals surface area contributed by atoms with Crippen LogP contribution in [0, 0.1) is 5.92 Å². The van der Waals surface area contributed by atoms with E-state index >= 15 is 0 Å². The highest BCUT2D eigenvalue weighted by Crippen LogP contribution is 2.29. The molecule has 1 unspecified atom stereocenters. The molecule has 0 saturated heterocycles. The van der Waals surface area contributed by atoms with Crippen LogP contribution >= 0.6 is 0 Å².